The van der Waals surface area contributed by atoms with Crippen LogP contribution in [0.5, 0.6) is 0 Å². The third-order valence-electron chi connectivity index (χ3n) is 3.16. The van der Waals surface area contributed by atoms with Gasteiger partial charge in [0.15, 0.2) is 6.23 Å². The zero-order valence-corrected chi connectivity index (χ0v) is 12.5. The van der Waals surface area contributed by atoms with Crippen molar-refractivity contribution in [3.63, 3.8) is 0 Å². The standard InChI is InChI=1S/C10H17N4O8P/c11-5-1-3(6(12)9(17)14-5)13-10-8(16)7(15)4(22-10)2-21-23(18,19)20/h1,4,7-8,10,15-16H,2,12H2,(H2,18,19,20)(H4,11,13,14,17)/t4-,7-,8-,10?/m1/s1. The molecule has 1 aliphatic rings. The molecule has 1 aromatic rings. The predicted molar refractivity (Wildman–Crippen MR) is 78.2 cm³/mol. The highest BCUT2D eigenvalue weighted by atomic mass is 31.2. The molecule has 0 bridgehead atoms. The molecule has 23 heavy (non-hydrogen) atoms. The van der Waals surface area contributed by atoms with E-state index in [0.29, 0.717) is 0 Å². The summed E-state index contributed by atoms with van der Waals surface area (Å²) < 4.78 is 20.1. The lowest BCUT2D eigenvalue weighted by molar-refractivity contribution is -0.0151. The number of nitrogens with two attached hydrogens (primary N) is 2. The Morgan fingerprint density at radius 2 is 2.00 bits per heavy atom. The minimum Gasteiger partial charge on any atom is -0.393 e. The van der Waals surface area contributed by atoms with E-state index < -0.39 is 44.5 Å². The Kier molecular flexibility index (Phi) is 4.96. The van der Waals surface area contributed by atoms with Crippen LogP contribution >= 0.6 is 7.82 Å². The van der Waals surface area contributed by atoms with Gasteiger partial charge in [-0.25, -0.2) is 4.57 Å². The predicted octanol–water partition coefficient (Wildman–Crippen LogP) is -2.49. The van der Waals surface area contributed by atoms with Gasteiger partial charge in [0.25, 0.3) is 5.56 Å². The topological polar surface area (TPSA) is 213 Å². The molecule has 1 unspecified atom stereocenters. The van der Waals surface area contributed by atoms with Crippen LogP contribution in [-0.4, -0.2) is 56.1 Å². The lowest BCUT2D eigenvalue weighted by Crippen LogP contribution is -2.37. The van der Waals surface area contributed by atoms with Crippen molar-refractivity contribution >= 4 is 25.0 Å². The van der Waals surface area contributed by atoms with Crippen molar-refractivity contribution in [1.82, 2.24) is 4.98 Å². The summed E-state index contributed by atoms with van der Waals surface area (Å²) in [5.74, 6) is 0.0149. The second-order valence-corrected chi connectivity index (χ2v) is 6.13. The van der Waals surface area contributed by atoms with E-state index in [1.54, 1.807) is 0 Å². The average molecular weight is 352 g/mol. The minimum atomic E-state index is -4.75. The molecule has 0 saturated carbocycles. The van der Waals surface area contributed by atoms with Gasteiger partial charge in [0.1, 0.15) is 29.8 Å². The lowest BCUT2D eigenvalue weighted by Gasteiger charge is -2.18. The van der Waals surface area contributed by atoms with Gasteiger partial charge in [-0.15, -0.1) is 0 Å². The molecule has 0 radical (unpaired) electrons. The van der Waals surface area contributed by atoms with Crippen LogP contribution in [0.1, 0.15) is 0 Å². The van der Waals surface area contributed by atoms with E-state index in [0.717, 1.165) is 0 Å². The average Bonchev–Trinajstić information content (AvgIpc) is 2.69. The van der Waals surface area contributed by atoms with Crippen molar-refractivity contribution in [3.8, 4) is 0 Å². The van der Waals surface area contributed by atoms with Gasteiger partial charge in [0.05, 0.1) is 12.3 Å². The number of nitrogen functional groups attached to an aromatic ring is 2. The number of aromatic nitrogens is 1. The van der Waals surface area contributed by atoms with Crippen LogP contribution in [0.4, 0.5) is 17.2 Å². The summed E-state index contributed by atoms with van der Waals surface area (Å²) in [6, 6.07) is 1.29. The molecule has 130 valence electrons. The molecule has 2 heterocycles. The fraction of sp³-hybridized carbons (Fsp3) is 0.500. The SMILES string of the molecule is Nc1cc(NC2O[C@H](COP(=O)(O)O)[C@@H](O)[C@H]2O)c(N)c(=O)[nH]1. The Bertz CT molecular complexity index is 675. The molecule has 12 nitrogen and oxygen atoms in total. The maximum Gasteiger partial charge on any atom is 0.469 e. The Morgan fingerprint density at radius 1 is 1.35 bits per heavy atom. The first-order valence-corrected chi connectivity index (χ1v) is 7.88. The summed E-state index contributed by atoms with van der Waals surface area (Å²) in [6.45, 7) is -0.645. The number of hydrogen-bond acceptors (Lipinski definition) is 9. The number of anilines is 3. The van der Waals surface area contributed by atoms with E-state index in [2.05, 4.69) is 14.8 Å². The summed E-state index contributed by atoms with van der Waals surface area (Å²) in [5, 5.41) is 22.3. The van der Waals surface area contributed by atoms with Crippen molar-refractivity contribution in [1.29, 1.82) is 0 Å². The number of ether oxygens (including phenoxy) is 1. The third-order valence-corrected chi connectivity index (χ3v) is 3.65. The zero-order valence-electron chi connectivity index (χ0n) is 11.6. The highest BCUT2D eigenvalue weighted by Gasteiger charge is 2.43. The number of hydrogen-bond donors (Lipinski definition) is 8. The first-order chi connectivity index (χ1) is 10.6. The maximum absolute atomic E-state index is 11.5. The number of phosphoric acid groups is 1. The van der Waals surface area contributed by atoms with Gasteiger partial charge in [-0.2, -0.15) is 0 Å². The summed E-state index contributed by atoms with van der Waals surface area (Å²) in [5.41, 5.74) is 10.3. The number of aliphatic hydroxyl groups excluding tert-OH is 2. The Hall–Kier alpha value is -1.66. The van der Waals surface area contributed by atoms with Crippen molar-refractivity contribution in [2.24, 2.45) is 0 Å². The third kappa shape index (κ3) is 4.20. The van der Waals surface area contributed by atoms with Crippen LogP contribution in [-0.2, 0) is 13.8 Å². The largest absolute Gasteiger partial charge is 0.469 e. The number of nitrogens with one attached hydrogen (secondary N) is 2. The van der Waals surface area contributed by atoms with Gasteiger partial charge < -0.3 is 46.5 Å². The van der Waals surface area contributed by atoms with Crippen molar-refractivity contribution in [2.45, 2.75) is 24.5 Å². The molecule has 0 aromatic carbocycles. The monoisotopic (exact) mass is 352 g/mol. The highest BCUT2D eigenvalue weighted by molar-refractivity contribution is 7.46. The smallest absolute Gasteiger partial charge is 0.393 e. The number of pyridine rings is 1. The molecular weight excluding hydrogens is 335 g/mol. The van der Waals surface area contributed by atoms with Crippen molar-refractivity contribution < 1.29 is 33.8 Å². The van der Waals surface area contributed by atoms with E-state index in [-0.39, 0.29) is 17.2 Å². The van der Waals surface area contributed by atoms with Crippen LogP contribution in [0.25, 0.3) is 0 Å². The summed E-state index contributed by atoms with van der Waals surface area (Å²) >= 11 is 0. The van der Waals surface area contributed by atoms with Crippen LogP contribution in [0.3, 0.4) is 0 Å². The fourth-order valence-electron chi connectivity index (χ4n) is 2.04. The lowest BCUT2D eigenvalue weighted by atomic mass is 10.1. The van der Waals surface area contributed by atoms with E-state index >= 15 is 0 Å². The zero-order chi connectivity index (χ0) is 17.4. The molecule has 0 aliphatic carbocycles. The molecule has 13 heteroatoms. The quantitative estimate of drug-likeness (QED) is 0.259. The van der Waals surface area contributed by atoms with Gasteiger partial charge >= 0.3 is 7.82 Å². The van der Waals surface area contributed by atoms with Crippen LogP contribution < -0.4 is 22.3 Å². The van der Waals surface area contributed by atoms with Crippen molar-refractivity contribution in [2.75, 3.05) is 23.4 Å². The van der Waals surface area contributed by atoms with Crippen LogP contribution in [0.15, 0.2) is 10.9 Å². The van der Waals surface area contributed by atoms with Gasteiger partial charge in [0.2, 0.25) is 0 Å². The second kappa shape index (κ2) is 6.45. The van der Waals surface area contributed by atoms with E-state index in [4.69, 9.17) is 26.0 Å². The number of aromatic amines is 1. The van der Waals surface area contributed by atoms with Gasteiger partial charge in [-0.3, -0.25) is 9.32 Å². The van der Waals surface area contributed by atoms with Crippen molar-refractivity contribution in [3.05, 3.63) is 16.4 Å². The maximum atomic E-state index is 11.5. The van der Waals surface area contributed by atoms with Crippen LogP contribution in [0.2, 0.25) is 0 Å². The number of rotatable bonds is 5. The molecule has 1 fully saturated rings. The van der Waals surface area contributed by atoms with Gasteiger partial charge in [0, 0.05) is 6.07 Å². The molecule has 10 N–H and O–H groups in total. The molecule has 1 aromatic heterocycles. The molecule has 0 amide bonds. The number of H-pyrrole nitrogens is 1. The Labute approximate surface area is 129 Å². The van der Waals surface area contributed by atoms with E-state index in [1.165, 1.54) is 6.07 Å². The summed E-state index contributed by atoms with van der Waals surface area (Å²) in [6.07, 6.45) is -5.32. The number of aliphatic hydroxyl groups is 2. The molecular formula is C10H17N4O8P. The first-order valence-electron chi connectivity index (χ1n) is 6.35. The molecule has 1 aliphatic heterocycles. The second-order valence-electron chi connectivity index (χ2n) is 4.89. The Morgan fingerprint density at radius 3 is 2.61 bits per heavy atom. The Balaban J connectivity index is 2.10. The molecule has 2 rings (SSSR count). The molecule has 4 atom stereocenters. The number of phosphoric ester groups is 1. The molecule has 0 spiro atoms. The van der Waals surface area contributed by atoms with Gasteiger partial charge in [-0.05, 0) is 0 Å². The molecule has 1 saturated heterocycles. The fourth-order valence-corrected chi connectivity index (χ4v) is 2.38. The minimum absolute atomic E-state index is 0.0149. The first kappa shape index (κ1) is 17.7. The van der Waals surface area contributed by atoms with Crippen LogP contribution in [0, 0.1) is 0 Å². The van der Waals surface area contributed by atoms with Gasteiger partial charge in [-0.1, -0.05) is 0 Å². The normalized spacial score (nSPS) is 28.0. The summed E-state index contributed by atoms with van der Waals surface area (Å²) in [4.78, 5) is 31.0. The highest BCUT2D eigenvalue weighted by Crippen LogP contribution is 2.37. The van der Waals surface area contributed by atoms with E-state index in [9.17, 15) is 19.6 Å². The van der Waals surface area contributed by atoms with E-state index in [1.807, 2.05) is 0 Å². The summed E-state index contributed by atoms with van der Waals surface area (Å²) in [7, 11) is -4.75.